The zero-order valence-electron chi connectivity index (χ0n) is 12.6. The Morgan fingerprint density at radius 2 is 2.22 bits per heavy atom. The van der Waals surface area contributed by atoms with Crippen molar-refractivity contribution in [3.05, 3.63) is 51.7 Å². The molecule has 1 aromatic heterocycles. The summed E-state index contributed by atoms with van der Waals surface area (Å²) in [6.07, 6.45) is 5.66. The number of hydrogen-bond acceptors (Lipinski definition) is 3. The van der Waals surface area contributed by atoms with Crippen molar-refractivity contribution < 1.29 is 9.18 Å². The van der Waals surface area contributed by atoms with Crippen molar-refractivity contribution >= 4 is 17.4 Å². The van der Waals surface area contributed by atoms with Gasteiger partial charge in [-0.2, -0.15) is 0 Å². The number of nitrogens with zero attached hydrogens (tertiary/aromatic N) is 1. The van der Waals surface area contributed by atoms with Gasteiger partial charge in [0.05, 0.1) is 12.1 Å². The fraction of sp³-hybridized carbons (Fsp3) is 0.412. The van der Waals surface area contributed by atoms with Gasteiger partial charge in [-0.05, 0) is 54.9 Å². The molecule has 23 heavy (non-hydrogen) atoms. The molecule has 2 atom stereocenters. The second-order valence-electron chi connectivity index (χ2n) is 6.24. The van der Waals surface area contributed by atoms with Crippen LogP contribution in [0.5, 0.6) is 0 Å². The maximum Gasteiger partial charge on any atom is 0.315 e. The van der Waals surface area contributed by atoms with Gasteiger partial charge in [0.2, 0.25) is 0 Å². The number of carbonyl (C=O) groups is 1. The van der Waals surface area contributed by atoms with E-state index in [9.17, 15) is 9.18 Å². The van der Waals surface area contributed by atoms with Gasteiger partial charge in [-0.1, -0.05) is 6.07 Å². The molecule has 1 heterocycles. The highest BCUT2D eigenvalue weighted by Gasteiger charge is 2.35. The van der Waals surface area contributed by atoms with E-state index in [-0.39, 0.29) is 23.9 Å². The number of halogens is 1. The number of benzene rings is 1. The van der Waals surface area contributed by atoms with Crippen molar-refractivity contribution in [2.45, 2.75) is 37.8 Å². The summed E-state index contributed by atoms with van der Waals surface area (Å²) in [5, 5.41) is 9.01. The first-order chi connectivity index (χ1) is 11.2. The molecule has 1 aromatic carbocycles. The van der Waals surface area contributed by atoms with Gasteiger partial charge in [0, 0.05) is 11.6 Å². The van der Waals surface area contributed by atoms with Gasteiger partial charge >= 0.3 is 6.03 Å². The quantitative estimate of drug-likeness (QED) is 0.897. The van der Waals surface area contributed by atoms with Crippen molar-refractivity contribution in [1.29, 1.82) is 0 Å². The molecule has 2 aliphatic rings. The molecule has 1 fully saturated rings. The number of carbonyl (C=O) groups excluding carboxylic acids is 1. The van der Waals surface area contributed by atoms with E-state index in [1.165, 1.54) is 6.07 Å². The van der Waals surface area contributed by atoms with Crippen LogP contribution in [-0.4, -0.2) is 11.0 Å². The Balaban J connectivity index is 1.43. The highest BCUT2D eigenvalue weighted by molar-refractivity contribution is 7.09. The molecular formula is C17H18FN3OS. The van der Waals surface area contributed by atoms with Gasteiger partial charge in [0.15, 0.2) is 0 Å². The largest absolute Gasteiger partial charge is 0.331 e. The predicted molar refractivity (Wildman–Crippen MR) is 86.7 cm³/mol. The number of hydrogen-bond donors (Lipinski definition) is 2. The molecule has 0 aliphatic heterocycles. The lowest BCUT2D eigenvalue weighted by atomic mass is 10.1. The normalized spacial score (nSPS) is 20.8. The minimum Gasteiger partial charge on any atom is -0.331 e. The lowest BCUT2D eigenvalue weighted by Gasteiger charge is -2.19. The van der Waals surface area contributed by atoms with Crippen LogP contribution in [0.1, 0.15) is 47.5 Å². The van der Waals surface area contributed by atoms with Gasteiger partial charge < -0.3 is 10.6 Å². The molecule has 2 N–H and O–H groups in total. The molecule has 4 nitrogen and oxygen atoms in total. The minimum atomic E-state index is -0.216. The molecule has 2 aliphatic carbocycles. The fourth-order valence-corrected chi connectivity index (χ4v) is 4.06. The second-order valence-corrected chi connectivity index (χ2v) is 7.16. The van der Waals surface area contributed by atoms with Crippen LogP contribution in [0.2, 0.25) is 0 Å². The average Bonchev–Trinajstić information content (AvgIpc) is 3.08. The molecule has 0 saturated heterocycles. The van der Waals surface area contributed by atoms with Gasteiger partial charge in [-0.15, -0.1) is 11.3 Å². The maximum atomic E-state index is 13.3. The number of aromatic nitrogens is 1. The Labute approximate surface area is 138 Å². The van der Waals surface area contributed by atoms with E-state index in [1.54, 1.807) is 29.7 Å². The molecule has 6 heteroatoms. The SMILES string of the molecule is O=C(N[C@@H]1CCc2cc(F)ccc21)N[C@@H](c1nccs1)C1CC1. The monoisotopic (exact) mass is 331 g/mol. The summed E-state index contributed by atoms with van der Waals surface area (Å²) in [5.41, 5.74) is 2.02. The van der Waals surface area contributed by atoms with Crippen LogP contribution >= 0.6 is 11.3 Å². The summed E-state index contributed by atoms with van der Waals surface area (Å²) < 4.78 is 13.3. The Bertz CT molecular complexity index is 715. The summed E-state index contributed by atoms with van der Waals surface area (Å²) in [5.74, 6) is 0.281. The van der Waals surface area contributed by atoms with E-state index >= 15 is 0 Å². The van der Waals surface area contributed by atoms with Gasteiger partial charge in [-0.3, -0.25) is 0 Å². The molecule has 120 valence electrons. The molecule has 4 rings (SSSR count). The summed E-state index contributed by atoms with van der Waals surface area (Å²) in [7, 11) is 0. The standard InChI is InChI=1S/C17H18FN3OS/c18-12-4-5-13-11(9-12)3-6-14(13)20-17(22)21-15(10-1-2-10)16-19-7-8-23-16/h4-5,7-10,14-15H,1-3,6H2,(H2,20,21,22)/t14-,15-/m1/s1. The van der Waals surface area contributed by atoms with E-state index in [1.807, 2.05) is 5.38 Å². The van der Waals surface area contributed by atoms with Crippen LogP contribution < -0.4 is 10.6 Å². The van der Waals surface area contributed by atoms with Crippen LogP contribution in [0.3, 0.4) is 0 Å². The first-order valence-corrected chi connectivity index (χ1v) is 8.83. The lowest BCUT2D eigenvalue weighted by molar-refractivity contribution is 0.231. The molecule has 0 unspecified atom stereocenters. The van der Waals surface area contributed by atoms with E-state index in [0.29, 0.717) is 5.92 Å². The smallest absolute Gasteiger partial charge is 0.315 e. The van der Waals surface area contributed by atoms with E-state index in [2.05, 4.69) is 15.6 Å². The third-order valence-electron chi connectivity index (χ3n) is 4.59. The third kappa shape index (κ3) is 3.08. The van der Waals surface area contributed by atoms with Crippen LogP contribution in [0.25, 0.3) is 0 Å². The summed E-state index contributed by atoms with van der Waals surface area (Å²) in [6.45, 7) is 0. The van der Waals surface area contributed by atoms with Crippen molar-refractivity contribution in [1.82, 2.24) is 15.6 Å². The number of aryl methyl sites for hydroxylation is 1. The van der Waals surface area contributed by atoms with Gasteiger partial charge in [0.25, 0.3) is 0 Å². The Hall–Kier alpha value is -1.95. The van der Waals surface area contributed by atoms with Gasteiger partial charge in [-0.25, -0.2) is 14.2 Å². The zero-order chi connectivity index (χ0) is 15.8. The molecule has 0 spiro atoms. The zero-order valence-corrected chi connectivity index (χ0v) is 13.4. The van der Waals surface area contributed by atoms with Gasteiger partial charge in [0.1, 0.15) is 10.8 Å². The molecular weight excluding hydrogens is 313 g/mol. The Morgan fingerprint density at radius 3 is 2.96 bits per heavy atom. The van der Waals surface area contributed by atoms with Crippen LogP contribution in [-0.2, 0) is 6.42 Å². The van der Waals surface area contributed by atoms with E-state index in [0.717, 1.165) is 41.8 Å². The van der Waals surface area contributed by atoms with Crippen molar-refractivity contribution in [2.75, 3.05) is 0 Å². The first kappa shape index (κ1) is 14.6. The number of amides is 2. The van der Waals surface area contributed by atoms with Crippen LogP contribution in [0, 0.1) is 11.7 Å². The summed E-state index contributed by atoms with van der Waals surface area (Å²) in [4.78, 5) is 16.7. The van der Waals surface area contributed by atoms with Crippen molar-refractivity contribution in [3.63, 3.8) is 0 Å². The molecule has 0 bridgehead atoms. The Kier molecular flexibility index (Phi) is 3.77. The second kappa shape index (κ2) is 5.92. The molecule has 2 aromatic rings. The Morgan fingerprint density at radius 1 is 1.35 bits per heavy atom. The minimum absolute atomic E-state index is 0.00379. The van der Waals surface area contributed by atoms with Crippen LogP contribution in [0.4, 0.5) is 9.18 Å². The number of rotatable bonds is 4. The van der Waals surface area contributed by atoms with Crippen molar-refractivity contribution in [3.8, 4) is 0 Å². The molecule has 1 saturated carbocycles. The molecule has 2 amide bonds. The van der Waals surface area contributed by atoms with Crippen LogP contribution in [0.15, 0.2) is 29.8 Å². The average molecular weight is 331 g/mol. The molecule has 0 radical (unpaired) electrons. The van der Waals surface area contributed by atoms with E-state index < -0.39 is 0 Å². The third-order valence-corrected chi connectivity index (χ3v) is 5.44. The van der Waals surface area contributed by atoms with Crippen molar-refractivity contribution in [2.24, 2.45) is 5.92 Å². The number of fused-ring (bicyclic) bond motifs is 1. The highest BCUT2D eigenvalue weighted by atomic mass is 32.1. The topological polar surface area (TPSA) is 54.0 Å². The fourth-order valence-electron chi connectivity index (χ4n) is 3.28. The number of nitrogens with one attached hydrogen (secondary N) is 2. The lowest BCUT2D eigenvalue weighted by Crippen LogP contribution is -2.40. The summed E-state index contributed by atoms with van der Waals surface area (Å²) >= 11 is 1.58. The summed E-state index contributed by atoms with van der Waals surface area (Å²) in [6, 6.07) is 4.60. The van der Waals surface area contributed by atoms with E-state index in [4.69, 9.17) is 0 Å². The predicted octanol–water partition coefficient (Wildman–Crippen LogP) is 3.72. The highest BCUT2D eigenvalue weighted by Crippen LogP contribution is 2.41. The maximum absolute atomic E-state index is 13.3. The number of thiazole rings is 1. The number of urea groups is 1. The first-order valence-electron chi connectivity index (χ1n) is 7.95.